The van der Waals surface area contributed by atoms with Crippen molar-refractivity contribution in [2.24, 2.45) is 11.8 Å². The summed E-state index contributed by atoms with van der Waals surface area (Å²) in [5.41, 5.74) is 2.36. The largest absolute Gasteiger partial charge is 0.481 e. The molecule has 1 aromatic rings. The number of carbonyl (C=O) groups excluding carboxylic acids is 1. The van der Waals surface area contributed by atoms with Crippen molar-refractivity contribution in [3.05, 3.63) is 35.4 Å². The zero-order valence-electron chi connectivity index (χ0n) is 14.6. The van der Waals surface area contributed by atoms with Gasteiger partial charge in [0, 0.05) is 32.2 Å². The fraction of sp³-hybridized carbons (Fsp3) is 0.579. The standard InChI is InChI=1S/C19H26N2O4/c1-13-4-6-14(7-5-13)17-15(3-2-10-25-17)11-20-19(24)21-9-8-16(12-21)18(22)23/h4-7,15-17H,2-3,8-12H2,1H3,(H,20,24)(H,22,23). The van der Waals surface area contributed by atoms with Gasteiger partial charge in [-0.2, -0.15) is 0 Å². The van der Waals surface area contributed by atoms with Crippen molar-refractivity contribution in [2.75, 3.05) is 26.2 Å². The Hall–Kier alpha value is -2.08. The normalized spacial score (nSPS) is 26.4. The summed E-state index contributed by atoms with van der Waals surface area (Å²) in [7, 11) is 0. The van der Waals surface area contributed by atoms with Crippen LogP contribution in [0.1, 0.15) is 36.5 Å². The second kappa shape index (κ2) is 7.87. The van der Waals surface area contributed by atoms with Crippen LogP contribution in [-0.2, 0) is 9.53 Å². The number of carboxylic acids is 1. The van der Waals surface area contributed by atoms with E-state index in [2.05, 4.69) is 36.5 Å². The number of aliphatic carboxylic acids is 1. The molecule has 0 aromatic heterocycles. The van der Waals surface area contributed by atoms with E-state index in [-0.39, 0.29) is 18.1 Å². The summed E-state index contributed by atoms with van der Waals surface area (Å²) in [6.07, 6.45) is 2.53. The smallest absolute Gasteiger partial charge is 0.317 e. The second-order valence-electron chi connectivity index (χ2n) is 7.06. The van der Waals surface area contributed by atoms with Gasteiger partial charge in [-0.15, -0.1) is 0 Å². The third kappa shape index (κ3) is 4.31. The van der Waals surface area contributed by atoms with Gasteiger partial charge in [0.2, 0.25) is 0 Å². The molecule has 3 atom stereocenters. The average molecular weight is 346 g/mol. The Labute approximate surface area is 148 Å². The fourth-order valence-electron chi connectivity index (χ4n) is 3.65. The number of carboxylic acid groups (broad SMARTS) is 1. The minimum absolute atomic E-state index is 0.00000360. The number of nitrogens with zero attached hydrogens (tertiary/aromatic N) is 1. The molecular weight excluding hydrogens is 320 g/mol. The summed E-state index contributed by atoms with van der Waals surface area (Å²) < 4.78 is 5.98. The van der Waals surface area contributed by atoms with Crippen LogP contribution in [0.15, 0.2) is 24.3 Å². The van der Waals surface area contributed by atoms with E-state index in [4.69, 9.17) is 9.84 Å². The first-order valence-electron chi connectivity index (χ1n) is 8.98. The summed E-state index contributed by atoms with van der Waals surface area (Å²) in [4.78, 5) is 24.9. The summed E-state index contributed by atoms with van der Waals surface area (Å²) >= 11 is 0. The van der Waals surface area contributed by atoms with Crippen LogP contribution in [0, 0.1) is 18.8 Å². The Morgan fingerprint density at radius 2 is 2.04 bits per heavy atom. The van der Waals surface area contributed by atoms with Crippen LogP contribution < -0.4 is 5.32 Å². The maximum absolute atomic E-state index is 12.3. The molecule has 25 heavy (non-hydrogen) atoms. The van der Waals surface area contributed by atoms with Crippen LogP contribution in [0.2, 0.25) is 0 Å². The zero-order chi connectivity index (χ0) is 17.8. The highest BCUT2D eigenvalue weighted by molar-refractivity contribution is 5.77. The Kier molecular flexibility index (Phi) is 5.58. The topological polar surface area (TPSA) is 78.9 Å². The Bertz CT molecular complexity index is 616. The van der Waals surface area contributed by atoms with Crippen LogP contribution in [-0.4, -0.2) is 48.2 Å². The number of urea groups is 1. The minimum Gasteiger partial charge on any atom is -0.481 e. The molecule has 6 heteroatoms. The second-order valence-corrected chi connectivity index (χ2v) is 7.06. The van der Waals surface area contributed by atoms with E-state index >= 15 is 0 Å². The maximum Gasteiger partial charge on any atom is 0.317 e. The lowest BCUT2D eigenvalue weighted by Gasteiger charge is -2.32. The van der Waals surface area contributed by atoms with Gasteiger partial charge in [-0.25, -0.2) is 4.79 Å². The average Bonchev–Trinajstić information content (AvgIpc) is 3.11. The Balaban J connectivity index is 1.56. The van der Waals surface area contributed by atoms with Crippen molar-refractivity contribution in [3.8, 4) is 0 Å². The third-order valence-electron chi connectivity index (χ3n) is 5.19. The number of amides is 2. The van der Waals surface area contributed by atoms with Crippen molar-refractivity contribution in [1.29, 1.82) is 0 Å². The molecule has 0 aliphatic carbocycles. The summed E-state index contributed by atoms with van der Waals surface area (Å²) in [5, 5.41) is 12.0. The molecule has 0 bridgehead atoms. The van der Waals surface area contributed by atoms with Gasteiger partial charge in [0.15, 0.2) is 0 Å². The van der Waals surface area contributed by atoms with E-state index in [1.54, 1.807) is 4.90 Å². The Morgan fingerprint density at radius 1 is 1.28 bits per heavy atom. The van der Waals surface area contributed by atoms with Crippen LogP contribution in [0.4, 0.5) is 4.79 Å². The molecule has 3 rings (SSSR count). The van der Waals surface area contributed by atoms with Crippen LogP contribution in [0.3, 0.4) is 0 Å². The van der Waals surface area contributed by atoms with Gasteiger partial charge >= 0.3 is 12.0 Å². The molecule has 2 aliphatic rings. The van der Waals surface area contributed by atoms with E-state index in [1.807, 2.05) is 0 Å². The highest BCUT2D eigenvalue weighted by atomic mass is 16.5. The SMILES string of the molecule is Cc1ccc(C2OCCCC2CNC(=O)N2CCC(C(=O)O)C2)cc1. The number of rotatable bonds is 4. The lowest BCUT2D eigenvalue weighted by molar-refractivity contribution is -0.141. The predicted molar refractivity (Wildman–Crippen MR) is 93.3 cm³/mol. The number of hydrogen-bond acceptors (Lipinski definition) is 3. The van der Waals surface area contributed by atoms with Gasteiger partial charge in [0.1, 0.15) is 0 Å². The minimum atomic E-state index is -0.824. The van der Waals surface area contributed by atoms with Crippen LogP contribution >= 0.6 is 0 Å². The number of hydrogen-bond donors (Lipinski definition) is 2. The first kappa shape index (κ1) is 17.7. The predicted octanol–water partition coefficient (Wildman–Crippen LogP) is 2.58. The number of likely N-dealkylation sites (tertiary alicyclic amines) is 1. The van der Waals surface area contributed by atoms with Gasteiger partial charge < -0.3 is 20.1 Å². The molecule has 2 N–H and O–H groups in total. The summed E-state index contributed by atoms with van der Waals surface area (Å²) in [6, 6.07) is 8.19. The zero-order valence-corrected chi connectivity index (χ0v) is 14.6. The van der Waals surface area contributed by atoms with Crippen molar-refractivity contribution >= 4 is 12.0 Å². The monoisotopic (exact) mass is 346 g/mol. The lowest BCUT2D eigenvalue weighted by atomic mass is 9.89. The molecule has 2 aliphatic heterocycles. The molecule has 2 heterocycles. The number of carbonyl (C=O) groups is 2. The number of ether oxygens (including phenoxy) is 1. The maximum atomic E-state index is 12.3. The molecule has 136 valence electrons. The van der Waals surface area contributed by atoms with Gasteiger partial charge in [-0.3, -0.25) is 4.79 Å². The van der Waals surface area contributed by atoms with Gasteiger partial charge in [0.05, 0.1) is 12.0 Å². The number of nitrogens with one attached hydrogen (secondary N) is 1. The van der Waals surface area contributed by atoms with Crippen molar-refractivity contribution in [2.45, 2.75) is 32.3 Å². The first-order chi connectivity index (χ1) is 12.0. The molecule has 2 amide bonds. The summed E-state index contributed by atoms with van der Waals surface area (Å²) in [6.45, 7) is 4.15. The molecule has 0 saturated carbocycles. The Morgan fingerprint density at radius 3 is 2.72 bits per heavy atom. The van der Waals surface area contributed by atoms with Crippen molar-refractivity contribution < 1.29 is 19.4 Å². The van der Waals surface area contributed by atoms with E-state index < -0.39 is 11.9 Å². The van der Waals surface area contributed by atoms with Crippen LogP contribution in [0.5, 0.6) is 0 Å². The molecule has 1 aromatic carbocycles. The van der Waals surface area contributed by atoms with E-state index in [9.17, 15) is 9.59 Å². The molecular formula is C19H26N2O4. The molecule has 2 fully saturated rings. The third-order valence-corrected chi connectivity index (χ3v) is 5.19. The van der Waals surface area contributed by atoms with Crippen molar-refractivity contribution in [1.82, 2.24) is 10.2 Å². The molecule has 0 spiro atoms. The van der Waals surface area contributed by atoms with E-state index in [0.29, 0.717) is 26.1 Å². The number of benzene rings is 1. The molecule has 3 unspecified atom stereocenters. The lowest BCUT2D eigenvalue weighted by Crippen LogP contribution is -2.42. The van der Waals surface area contributed by atoms with Gasteiger partial charge in [-0.05, 0) is 31.7 Å². The highest BCUT2D eigenvalue weighted by Crippen LogP contribution is 2.33. The van der Waals surface area contributed by atoms with Crippen LogP contribution in [0.25, 0.3) is 0 Å². The fourth-order valence-corrected chi connectivity index (χ4v) is 3.65. The first-order valence-corrected chi connectivity index (χ1v) is 8.98. The summed E-state index contributed by atoms with van der Waals surface area (Å²) in [5.74, 6) is -1.03. The molecule has 2 saturated heterocycles. The quantitative estimate of drug-likeness (QED) is 0.878. The van der Waals surface area contributed by atoms with Crippen molar-refractivity contribution in [3.63, 3.8) is 0 Å². The van der Waals surface area contributed by atoms with E-state index in [0.717, 1.165) is 25.0 Å². The van der Waals surface area contributed by atoms with Gasteiger partial charge in [0.25, 0.3) is 0 Å². The van der Waals surface area contributed by atoms with Gasteiger partial charge in [-0.1, -0.05) is 29.8 Å². The highest BCUT2D eigenvalue weighted by Gasteiger charge is 2.32. The number of aryl methyl sites for hydroxylation is 1. The van der Waals surface area contributed by atoms with E-state index in [1.165, 1.54) is 5.56 Å². The molecule has 0 radical (unpaired) electrons. The molecule has 6 nitrogen and oxygen atoms in total.